The zero-order chi connectivity index (χ0) is 23.1. The average molecular weight is 477 g/mol. The molecule has 1 saturated heterocycles. The van der Waals surface area contributed by atoms with Crippen LogP contribution in [-0.4, -0.2) is 53.3 Å². The molecular formula is C26H29ClN6O. The molecular weight excluding hydrogens is 448 g/mol. The Kier molecular flexibility index (Phi) is 5.77. The van der Waals surface area contributed by atoms with Gasteiger partial charge in [0.05, 0.1) is 41.0 Å². The van der Waals surface area contributed by atoms with E-state index in [0.29, 0.717) is 17.1 Å². The summed E-state index contributed by atoms with van der Waals surface area (Å²) in [6.45, 7) is 3.33. The lowest BCUT2D eigenvalue weighted by molar-refractivity contribution is 0.122. The zero-order valence-corrected chi connectivity index (χ0v) is 19.8. The first kappa shape index (κ1) is 21.6. The van der Waals surface area contributed by atoms with Crippen molar-refractivity contribution in [3.05, 3.63) is 47.6 Å². The van der Waals surface area contributed by atoms with Gasteiger partial charge in [-0.15, -0.1) is 0 Å². The molecule has 0 unspecified atom stereocenters. The lowest BCUT2D eigenvalue weighted by Gasteiger charge is -2.29. The molecule has 3 heterocycles. The quantitative estimate of drug-likeness (QED) is 0.386. The van der Waals surface area contributed by atoms with Crippen molar-refractivity contribution in [3.63, 3.8) is 0 Å². The summed E-state index contributed by atoms with van der Waals surface area (Å²) in [4.78, 5) is 15.6. The third-order valence-electron chi connectivity index (χ3n) is 7.05. The van der Waals surface area contributed by atoms with Crippen LogP contribution in [0.5, 0.6) is 0 Å². The Hall–Kier alpha value is -2.87. The van der Waals surface area contributed by atoms with Gasteiger partial charge in [0.25, 0.3) is 0 Å². The summed E-state index contributed by atoms with van der Waals surface area (Å²) in [5.41, 5.74) is 12.2. The molecule has 2 aromatic heterocycles. The van der Waals surface area contributed by atoms with Crippen LogP contribution in [0.2, 0.25) is 5.02 Å². The number of imidazole rings is 1. The molecule has 1 aliphatic carbocycles. The number of halogens is 1. The Morgan fingerprint density at radius 1 is 1.03 bits per heavy atom. The molecule has 1 saturated carbocycles. The van der Waals surface area contributed by atoms with Gasteiger partial charge in [-0.25, -0.2) is 4.98 Å². The maximum absolute atomic E-state index is 6.40. The highest BCUT2D eigenvalue weighted by Gasteiger charge is 2.22. The van der Waals surface area contributed by atoms with Crippen LogP contribution in [0.1, 0.15) is 25.7 Å². The minimum Gasteiger partial charge on any atom is -0.381 e. The van der Waals surface area contributed by atoms with E-state index >= 15 is 0 Å². The standard InChI is InChI=1S/C26H29ClN6O/c27-16-1-7-22-20(13-16)25(30-18-4-2-17(28)3-5-18)21(15-29-22)26-31-23-8-6-19(14-24(23)32-26)33-9-11-34-12-10-33/h1,6-8,13-15,17-18H,2-5,9-12,28H2,(H,29,30)(H,31,32). The van der Waals surface area contributed by atoms with E-state index in [9.17, 15) is 0 Å². The van der Waals surface area contributed by atoms with Crippen molar-refractivity contribution in [2.75, 3.05) is 36.5 Å². The Morgan fingerprint density at radius 2 is 1.82 bits per heavy atom. The first-order valence-electron chi connectivity index (χ1n) is 12.1. The van der Waals surface area contributed by atoms with Gasteiger partial charge in [-0.2, -0.15) is 0 Å². The number of aromatic amines is 1. The van der Waals surface area contributed by atoms with Gasteiger partial charge in [0, 0.05) is 47.5 Å². The van der Waals surface area contributed by atoms with Crippen molar-refractivity contribution in [1.29, 1.82) is 0 Å². The van der Waals surface area contributed by atoms with Gasteiger partial charge in [0.15, 0.2) is 0 Å². The largest absolute Gasteiger partial charge is 0.381 e. The van der Waals surface area contributed by atoms with Crippen LogP contribution in [0.4, 0.5) is 11.4 Å². The molecule has 0 radical (unpaired) electrons. The number of hydrogen-bond donors (Lipinski definition) is 3. The predicted octanol–water partition coefficient (Wildman–Crippen LogP) is 4.95. The van der Waals surface area contributed by atoms with E-state index in [1.54, 1.807) is 0 Å². The third-order valence-corrected chi connectivity index (χ3v) is 7.28. The fraction of sp³-hybridized carbons (Fsp3) is 0.385. The third kappa shape index (κ3) is 4.19. The molecule has 0 atom stereocenters. The monoisotopic (exact) mass is 476 g/mol. The number of nitrogens with zero attached hydrogens (tertiary/aromatic N) is 3. The van der Waals surface area contributed by atoms with Gasteiger partial charge in [-0.05, 0) is 62.1 Å². The summed E-state index contributed by atoms with van der Waals surface area (Å²) in [5.74, 6) is 0.804. The van der Waals surface area contributed by atoms with Crippen molar-refractivity contribution in [2.45, 2.75) is 37.8 Å². The first-order valence-corrected chi connectivity index (χ1v) is 12.4. The minimum absolute atomic E-state index is 0.303. The maximum atomic E-state index is 6.40. The Balaban J connectivity index is 1.41. The SMILES string of the molecule is NC1CCC(Nc2c(-c3nc4ccc(N5CCOCC5)cc4[nH]3)cnc3ccc(Cl)cc23)CC1. The number of H-pyrrole nitrogens is 1. The second-order valence-electron chi connectivity index (χ2n) is 9.35. The van der Waals surface area contributed by atoms with Gasteiger partial charge in [-0.3, -0.25) is 4.98 Å². The first-order chi connectivity index (χ1) is 16.6. The highest BCUT2D eigenvalue weighted by molar-refractivity contribution is 6.31. The highest BCUT2D eigenvalue weighted by atomic mass is 35.5. The highest BCUT2D eigenvalue weighted by Crippen LogP contribution is 2.36. The number of benzene rings is 2. The normalized spacial score (nSPS) is 21.3. The Morgan fingerprint density at radius 3 is 2.65 bits per heavy atom. The van der Waals surface area contributed by atoms with E-state index in [-0.39, 0.29) is 0 Å². The summed E-state index contributed by atoms with van der Waals surface area (Å²) in [5, 5.41) is 5.51. The molecule has 4 N–H and O–H groups in total. The fourth-order valence-electron chi connectivity index (χ4n) is 5.11. The average Bonchev–Trinajstić information content (AvgIpc) is 3.29. The fourth-order valence-corrected chi connectivity index (χ4v) is 5.28. The number of rotatable bonds is 4. The molecule has 6 rings (SSSR count). The van der Waals surface area contributed by atoms with Gasteiger partial charge in [0.2, 0.25) is 0 Å². The van der Waals surface area contributed by atoms with E-state index in [0.717, 1.165) is 91.0 Å². The number of ether oxygens (including phenoxy) is 1. The van der Waals surface area contributed by atoms with E-state index in [1.807, 2.05) is 24.4 Å². The molecule has 0 amide bonds. The van der Waals surface area contributed by atoms with Gasteiger partial charge < -0.3 is 25.7 Å². The second kappa shape index (κ2) is 9.06. The van der Waals surface area contributed by atoms with E-state index < -0.39 is 0 Å². The van der Waals surface area contributed by atoms with Gasteiger partial charge in [0.1, 0.15) is 5.82 Å². The maximum Gasteiger partial charge on any atom is 0.142 e. The lowest BCUT2D eigenvalue weighted by Crippen LogP contribution is -2.36. The van der Waals surface area contributed by atoms with Crippen LogP contribution in [0.15, 0.2) is 42.6 Å². The van der Waals surface area contributed by atoms with Crippen LogP contribution < -0.4 is 16.0 Å². The molecule has 4 aromatic rings. The summed E-state index contributed by atoms with van der Waals surface area (Å²) < 4.78 is 5.50. The predicted molar refractivity (Wildman–Crippen MR) is 139 cm³/mol. The number of anilines is 2. The zero-order valence-electron chi connectivity index (χ0n) is 19.1. The van der Waals surface area contributed by atoms with Crippen molar-refractivity contribution in [1.82, 2.24) is 15.0 Å². The Labute approximate surface area is 203 Å². The minimum atomic E-state index is 0.303. The molecule has 2 aromatic carbocycles. The second-order valence-corrected chi connectivity index (χ2v) is 9.79. The molecule has 7 nitrogen and oxygen atoms in total. The number of nitrogens with one attached hydrogen (secondary N) is 2. The van der Waals surface area contributed by atoms with Crippen LogP contribution in [0.3, 0.4) is 0 Å². The Bertz CT molecular complexity index is 1320. The summed E-state index contributed by atoms with van der Waals surface area (Å²) >= 11 is 6.40. The van der Waals surface area contributed by atoms with Crippen molar-refractivity contribution < 1.29 is 4.74 Å². The van der Waals surface area contributed by atoms with Crippen molar-refractivity contribution in [2.24, 2.45) is 5.73 Å². The number of aromatic nitrogens is 3. The number of fused-ring (bicyclic) bond motifs is 2. The van der Waals surface area contributed by atoms with Crippen LogP contribution in [-0.2, 0) is 4.74 Å². The van der Waals surface area contributed by atoms with Crippen LogP contribution in [0.25, 0.3) is 33.3 Å². The van der Waals surface area contributed by atoms with Crippen molar-refractivity contribution in [3.8, 4) is 11.4 Å². The molecule has 0 bridgehead atoms. The molecule has 34 heavy (non-hydrogen) atoms. The van der Waals surface area contributed by atoms with Gasteiger partial charge in [-0.1, -0.05) is 11.6 Å². The summed E-state index contributed by atoms with van der Waals surface area (Å²) in [6, 6.07) is 12.9. The number of pyridine rings is 1. The summed E-state index contributed by atoms with van der Waals surface area (Å²) in [7, 11) is 0. The number of nitrogens with two attached hydrogens (primary N) is 1. The molecule has 0 spiro atoms. The summed E-state index contributed by atoms with van der Waals surface area (Å²) in [6.07, 6.45) is 6.08. The van der Waals surface area contributed by atoms with E-state index in [2.05, 4.69) is 33.4 Å². The number of morpholine rings is 1. The smallest absolute Gasteiger partial charge is 0.142 e. The molecule has 1 aliphatic heterocycles. The molecule has 8 heteroatoms. The van der Waals surface area contributed by atoms with Crippen LogP contribution in [0, 0.1) is 0 Å². The van der Waals surface area contributed by atoms with E-state index in [4.69, 9.17) is 32.0 Å². The van der Waals surface area contributed by atoms with Gasteiger partial charge >= 0.3 is 0 Å². The molecule has 2 fully saturated rings. The lowest BCUT2D eigenvalue weighted by atomic mass is 9.91. The van der Waals surface area contributed by atoms with Crippen molar-refractivity contribution >= 4 is 44.9 Å². The topological polar surface area (TPSA) is 92.1 Å². The van der Waals surface area contributed by atoms with Crippen LogP contribution >= 0.6 is 11.6 Å². The molecule has 176 valence electrons. The number of hydrogen-bond acceptors (Lipinski definition) is 6. The van der Waals surface area contributed by atoms with E-state index in [1.165, 1.54) is 5.69 Å². The molecule has 2 aliphatic rings.